The number of benzene rings is 2. The number of pyridine rings is 1. The molecule has 0 amide bonds. The fraction of sp³-hybridized carbons (Fsp3) is 0.259. The van der Waals surface area contributed by atoms with Gasteiger partial charge in [0.05, 0.1) is 16.5 Å². The van der Waals surface area contributed by atoms with E-state index in [-0.39, 0.29) is 4.90 Å². The maximum atomic E-state index is 10.5. The number of hydrogen-bond donors (Lipinski definition) is 2. The number of fused-ring (bicyclic) bond motifs is 1. The fourth-order valence-electron chi connectivity index (χ4n) is 3.99. The van der Waals surface area contributed by atoms with Crippen molar-refractivity contribution < 1.29 is 22.1 Å². The zero-order chi connectivity index (χ0) is 25.5. The molecule has 0 atom stereocenters. The number of nitrogens with one attached hydrogen (secondary N) is 1. The third-order valence-electron chi connectivity index (χ3n) is 5.92. The van der Waals surface area contributed by atoms with Gasteiger partial charge in [0.2, 0.25) is 5.88 Å². The summed E-state index contributed by atoms with van der Waals surface area (Å²) in [4.78, 5) is 4.59. The number of ether oxygens (including phenoxy) is 1. The van der Waals surface area contributed by atoms with Gasteiger partial charge in [-0.25, -0.2) is 4.98 Å². The number of aryl methyl sites for hydroxylation is 1. The summed E-state index contributed by atoms with van der Waals surface area (Å²) >= 11 is 0. The molecular formula is C27H27N3O5S. The largest absolute Gasteiger partial charge is 0.469 e. The highest BCUT2D eigenvalue weighted by Crippen LogP contribution is 2.26. The van der Waals surface area contributed by atoms with Crippen molar-refractivity contribution in [2.75, 3.05) is 13.1 Å². The van der Waals surface area contributed by atoms with Gasteiger partial charge in [-0.15, -0.1) is 0 Å². The molecule has 9 heteroatoms. The number of rotatable bonds is 5. The number of furan rings is 1. The Labute approximate surface area is 210 Å². The highest BCUT2D eigenvalue weighted by molar-refractivity contribution is 7.85. The molecule has 0 unspecified atom stereocenters. The lowest BCUT2D eigenvalue weighted by Gasteiger charge is -2.22. The first kappa shape index (κ1) is 25.4. The van der Waals surface area contributed by atoms with Crippen molar-refractivity contribution in [3.05, 3.63) is 89.3 Å². The summed E-state index contributed by atoms with van der Waals surface area (Å²) in [5, 5.41) is 13.4. The van der Waals surface area contributed by atoms with E-state index < -0.39 is 10.1 Å². The highest BCUT2D eigenvalue weighted by atomic mass is 32.2. The maximum absolute atomic E-state index is 10.5. The van der Waals surface area contributed by atoms with Gasteiger partial charge in [0.25, 0.3) is 10.1 Å². The predicted octanol–water partition coefficient (Wildman–Crippen LogP) is 4.99. The van der Waals surface area contributed by atoms with E-state index in [2.05, 4.69) is 22.4 Å². The molecule has 1 fully saturated rings. The molecule has 0 bridgehead atoms. The van der Waals surface area contributed by atoms with Gasteiger partial charge in [0.15, 0.2) is 0 Å². The molecule has 3 heterocycles. The van der Waals surface area contributed by atoms with Crippen LogP contribution in [0.3, 0.4) is 0 Å². The van der Waals surface area contributed by atoms with E-state index in [0.717, 1.165) is 42.6 Å². The van der Waals surface area contributed by atoms with E-state index in [1.54, 1.807) is 18.2 Å². The molecule has 0 spiro atoms. The molecule has 1 aliphatic heterocycles. The second kappa shape index (κ2) is 11.4. The van der Waals surface area contributed by atoms with E-state index in [9.17, 15) is 8.42 Å². The van der Waals surface area contributed by atoms with Crippen LogP contribution in [-0.2, 0) is 16.7 Å². The number of piperidine rings is 1. The lowest BCUT2D eigenvalue weighted by molar-refractivity contribution is 0.263. The first-order valence-corrected chi connectivity index (χ1v) is 13.0. The number of aromatic nitrogens is 1. The van der Waals surface area contributed by atoms with Crippen molar-refractivity contribution in [3.63, 3.8) is 0 Å². The molecule has 0 aliphatic carbocycles. The molecule has 5 rings (SSSR count). The summed E-state index contributed by atoms with van der Waals surface area (Å²) in [6.07, 6.45) is 2.22. The van der Waals surface area contributed by atoms with Crippen molar-refractivity contribution in [1.29, 1.82) is 5.26 Å². The van der Waals surface area contributed by atoms with Gasteiger partial charge in [-0.05, 0) is 69.3 Å². The third kappa shape index (κ3) is 6.49. The van der Waals surface area contributed by atoms with Crippen LogP contribution in [0.2, 0.25) is 0 Å². The second-order valence-electron chi connectivity index (χ2n) is 8.54. The molecule has 2 aromatic heterocycles. The standard InChI is InChI=1S/C20H19N3O2.C7H8O3S/c21-12-15-3-1-5-19-17(15)11-16(25-19)13-24-20-6-2-4-18(23-20)14-7-9-22-10-8-14;1-6-2-4-7(5-3-6)11(8,9)10/h1-6,11,14,22H,7-10,13H2;2-5H,1H3,(H,8,9,10). The van der Waals surface area contributed by atoms with Crippen LogP contribution >= 0.6 is 0 Å². The van der Waals surface area contributed by atoms with Crippen LogP contribution in [0, 0.1) is 18.3 Å². The van der Waals surface area contributed by atoms with Crippen LogP contribution < -0.4 is 10.1 Å². The van der Waals surface area contributed by atoms with Crippen molar-refractivity contribution in [2.24, 2.45) is 0 Å². The fourth-order valence-corrected chi connectivity index (χ4v) is 4.47. The molecule has 2 N–H and O–H groups in total. The third-order valence-corrected chi connectivity index (χ3v) is 6.78. The number of hydrogen-bond acceptors (Lipinski definition) is 7. The van der Waals surface area contributed by atoms with E-state index in [4.69, 9.17) is 19.0 Å². The summed E-state index contributed by atoms with van der Waals surface area (Å²) in [5.74, 6) is 1.79. The maximum Gasteiger partial charge on any atom is 0.294 e. The molecule has 2 aromatic carbocycles. The Morgan fingerprint density at radius 3 is 2.53 bits per heavy atom. The lowest BCUT2D eigenvalue weighted by atomic mass is 9.94. The lowest BCUT2D eigenvalue weighted by Crippen LogP contribution is -2.27. The normalized spacial score (nSPS) is 14.0. The summed E-state index contributed by atoms with van der Waals surface area (Å²) in [6.45, 7) is 4.21. The number of nitrogens with zero attached hydrogens (tertiary/aromatic N) is 2. The predicted molar refractivity (Wildman–Crippen MR) is 135 cm³/mol. The molecule has 0 radical (unpaired) electrons. The highest BCUT2D eigenvalue weighted by Gasteiger charge is 2.17. The minimum absolute atomic E-state index is 0.0666. The zero-order valence-electron chi connectivity index (χ0n) is 19.8. The SMILES string of the molecule is Cc1ccc(S(=O)(=O)O)cc1.N#Cc1cccc2oc(COc3cccc(C4CCNCC4)n3)cc12. The summed E-state index contributed by atoms with van der Waals surface area (Å²) < 4.78 is 41.1. The topological polar surface area (TPSA) is 125 Å². The van der Waals surface area contributed by atoms with E-state index in [1.165, 1.54) is 12.1 Å². The average Bonchev–Trinajstić information content (AvgIpc) is 3.32. The molecule has 0 saturated carbocycles. The number of nitriles is 1. The molecule has 4 aromatic rings. The van der Waals surface area contributed by atoms with Crippen molar-refractivity contribution in [2.45, 2.75) is 37.2 Å². The molecule has 1 aliphatic rings. The Balaban J connectivity index is 0.000000233. The minimum Gasteiger partial charge on any atom is -0.469 e. The summed E-state index contributed by atoms with van der Waals surface area (Å²) in [6, 6.07) is 21.4. The van der Waals surface area contributed by atoms with Crippen molar-refractivity contribution in [1.82, 2.24) is 10.3 Å². The van der Waals surface area contributed by atoms with Gasteiger partial charge in [0, 0.05) is 23.1 Å². The zero-order valence-corrected chi connectivity index (χ0v) is 20.7. The Bertz CT molecular complexity index is 1470. The Morgan fingerprint density at radius 1 is 1.11 bits per heavy atom. The van der Waals surface area contributed by atoms with Crippen molar-refractivity contribution in [3.8, 4) is 11.9 Å². The molecular weight excluding hydrogens is 478 g/mol. The first-order chi connectivity index (χ1) is 17.3. The van der Waals surface area contributed by atoms with Crippen LogP contribution in [0.1, 0.15) is 41.3 Å². The quantitative estimate of drug-likeness (QED) is 0.364. The van der Waals surface area contributed by atoms with Gasteiger partial charge in [-0.3, -0.25) is 4.55 Å². The summed E-state index contributed by atoms with van der Waals surface area (Å²) in [7, 11) is -4.02. The Hall–Kier alpha value is -3.71. The van der Waals surface area contributed by atoms with Crippen LogP contribution in [0.4, 0.5) is 0 Å². The molecule has 186 valence electrons. The molecule has 1 saturated heterocycles. The van der Waals surface area contributed by atoms with Crippen LogP contribution in [0.5, 0.6) is 5.88 Å². The molecule has 8 nitrogen and oxygen atoms in total. The van der Waals surface area contributed by atoms with Gasteiger partial charge in [0.1, 0.15) is 18.0 Å². The van der Waals surface area contributed by atoms with Gasteiger partial charge < -0.3 is 14.5 Å². The first-order valence-electron chi connectivity index (χ1n) is 11.6. The monoisotopic (exact) mass is 505 g/mol. The second-order valence-corrected chi connectivity index (χ2v) is 9.97. The average molecular weight is 506 g/mol. The van der Waals surface area contributed by atoms with E-state index in [1.807, 2.05) is 37.3 Å². The Morgan fingerprint density at radius 2 is 1.83 bits per heavy atom. The van der Waals surface area contributed by atoms with E-state index in [0.29, 0.717) is 35.3 Å². The Kier molecular flexibility index (Phi) is 8.00. The van der Waals surface area contributed by atoms with Gasteiger partial charge >= 0.3 is 0 Å². The van der Waals surface area contributed by atoms with Gasteiger partial charge in [-0.1, -0.05) is 29.8 Å². The summed E-state index contributed by atoms with van der Waals surface area (Å²) in [5.41, 5.74) is 3.36. The van der Waals surface area contributed by atoms with E-state index >= 15 is 0 Å². The van der Waals surface area contributed by atoms with Crippen LogP contribution in [0.25, 0.3) is 11.0 Å². The molecule has 36 heavy (non-hydrogen) atoms. The van der Waals surface area contributed by atoms with Crippen LogP contribution in [0.15, 0.2) is 76.0 Å². The smallest absolute Gasteiger partial charge is 0.294 e. The minimum atomic E-state index is -4.02. The van der Waals surface area contributed by atoms with Crippen LogP contribution in [-0.4, -0.2) is 31.0 Å². The van der Waals surface area contributed by atoms with Crippen molar-refractivity contribution >= 4 is 21.1 Å². The van der Waals surface area contributed by atoms with Gasteiger partial charge in [-0.2, -0.15) is 13.7 Å².